The van der Waals surface area contributed by atoms with Crippen LogP contribution in [0.1, 0.15) is 38.8 Å². The average Bonchev–Trinajstić information content (AvgIpc) is 2.79. The second-order valence-corrected chi connectivity index (χ2v) is 10.1. The van der Waals surface area contributed by atoms with Gasteiger partial charge >= 0.3 is 0 Å². The molecule has 0 spiro atoms. The number of nitrogens with two attached hydrogens (primary N) is 2. The molecule has 0 aliphatic rings. The number of hydrogen-bond donors (Lipinski definition) is 2. The standard InChI is InChI=1S/C26H26N4O2S2/c1-15(2)31-23-19(13-27)20(14-28)24(32-16(3)4)26(34-22-8-6-5-7-21(22)30)25(23)33-18-11-9-17(29)10-12-18/h5-12,15-16H,29-30H2,1-4H3. The Bertz CT molecular complexity index is 1260. The van der Waals surface area contributed by atoms with Crippen LogP contribution in [-0.4, -0.2) is 12.2 Å². The highest BCUT2D eigenvalue weighted by atomic mass is 32.2. The van der Waals surface area contributed by atoms with Crippen molar-refractivity contribution in [1.29, 1.82) is 10.5 Å². The van der Waals surface area contributed by atoms with Crippen molar-refractivity contribution in [2.24, 2.45) is 0 Å². The zero-order chi connectivity index (χ0) is 24.8. The molecule has 0 unspecified atom stereocenters. The Morgan fingerprint density at radius 2 is 1.24 bits per heavy atom. The molecule has 0 fully saturated rings. The van der Waals surface area contributed by atoms with E-state index in [2.05, 4.69) is 12.1 Å². The average molecular weight is 491 g/mol. The summed E-state index contributed by atoms with van der Waals surface area (Å²) in [4.78, 5) is 3.05. The number of benzene rings is 3. The van der Waals surface area contributed by atoms with Crippen LogP contribution in [0.25, 0.3) is 0 Å². The van der Waals surface area contributed by atoms with Gasteiger partial charge in [-0.15, -0.1) is 0 Å². The fraction of sp³-hybridized carbons (Fsp3) is 0.231. The molecule has 3 aromatic carbocycles. The molecule has 0 heterocycles. The highest BCUT2D eigenvalue weighted by molar-refractivity contribution is 8.02. The first-order valence-corrected chi connectivity index (χ1v) is 12.3. The summed E-state index contributed by atoms with van der Waals surface area (Å²) in [5.74, 6) is 0.695. The topological polar surface area (TPSA) is 118 Å². The second kappa shape index (κ2) is 11.1. The summed E-state index contributed by atoms with van der Waals surface area (Å²) in [7, 11) is 0. The van der Waals surface area contributed by atoms with Gasteiger partial charge < -0.3 is 20.9 Å². The van der Waals surface area contributed by atoms with E-state index in [1.165, 1.54) is 23.5 Å². The molecule has 3 aromatic rings. The minimum absolute atomic E-state index is 0.144. The summed E-state index contributed by atoms with van der Waals surface area (Å²) < 4.78 is 12.3. The molecule has 0 aliphatic heterocycles. The van der Waals surface area contributed by atoms with Crippen molar-refractivity contribution in [3.8, 4) is 23.6 Å². The predicted molar refractivity (Wildman–Crippen MR) is 137 cm³/mol. The van der Waals surface area contributed by atoms with Crippen LogP contribution in [0.5, 0.6) is 11.5 Å². The molecule has 0 aliphatic carbocycles. The Morgan fingerprint density at radius 3 is 1.71 bits per heavy atom. The first-order valence-electron chi connectivity index (χ1n) is 10.7. The Labute approximate surface area is 208 Å². The number of nitriles is 2. The molecule has 4 N–H and O–H groups in total. The van der Waals surface area contributed by atoms with Gasteiger partial charge in [0.1, 0.15) is 23.3 Å². The van der Waals surface area contributed by atoms with Gasteiger partial charge in [0.05, 0.1) is 22.0 Å². The Hall–Kier alpha value is -3.46. The van der Waals surface area contributed by atoms with Crippen molar-refractivity contribution in [1.82, 2.24) is 0 Å². The molecule has 174 valence electrons. The molecular weight excluding hydrogens is 464 g/mol. The maximum absolute atomic E-state index is 10.1. The van der Waals surface area contributed by atoms with E-state index in [0.717, 1.165) is 9.79 Å². The maximum atomic E-state index is 10.1. The van der Waals surface area contributed by atoms with E-state index in [4.69, 9.17) is 20.9 Å². The van der Waals surface area contributed by atoms with Gasteiger partial charge in [0.2, 0.25) is 0 Å². The van der Waals surface area contributed by atoms with E-state index in [-0.39, 0.29) is 23.3 Å². The SMILES string of the molecule is CC(C)Oc1c(C#N)c(C#N)c(OC(C)C)c(Sc2ccccc2N)c1Sc1ccc(N)cc1. The lowest BCUT2D eigenvalue weighted by atomic mass is 10.1. The summed E-state index contributed by atoms with van der Waals surface area (Å²) in [5.41, 5.74) is 13.7. The lowest BCUT2D eigenvalue weighted by Crippen LogP contribution is -2.13. The van der Waals surface area contributed by atoms with Gasteiger partial charge in [-0.2, -0.15) is 10.5 Å². The number of anilines is 2. The number of nitrogens with zero attached hydrogens (tertiary/aromatic N) is 2. The predicted octanol–water partition coefficient (Wildman–Crippen LogP) is 6.47. The van der Waals surface area contributed by atoms with Crippen LogP contribution in [0.2, 0.25) is 0 Å². The summed E-state index contributed by atoms with van der Waals surface area (Å²) in [5, 5.41) is 20.1. The van der Waals surface area contributed by atoms with Crippen LogP contribution < -0.4 is 20.9 Å². The van der Waals surface area contributed by atoms with Gasteiger partial charge in [0.15, 0.2) is 11.5 Å². The molecule has 0 bridgehead atoms. The van der Waals surface area contributed by atoms with Crippen LogP contribution in [-0.2, 0) is 0 Å². The molecule has 0 saturated heterocycles. The normalized spacial score (nSPS) is 10.7. The van der Waals surface area contributed by atoms with Gasteiger partial charge in [0, 0.05) is 21.2 Å². The Balaban J connectivity index is 2.38. The zero-order valence-corrected chi connectivity index (χ0v) is 21.1. The minimum atomic E-state index is -0.225. The zero-order valence-electron chi connectivity index (χ0n) is 19.5. The summed E-state index contributed by atoms with van der Waals surface area (Å²) in [6, 6.07) is 19.3. The maximum Gasteiger partial charge on any atom is 0.154 e. The van der Waals surface area contributed by atoms with Gasteiger partial charge in [-0.3, -0.25) is 0 Å². The van der Waals surface area contributed by atoms with Crippen LogP contribution >= 0.6 is 23.5 Å². The fourth-order valence-electron chi connectivity index (χ4n) is 3.09. The largest absolute Gasteiger partial charge is 0.488 e. The van der Waals surface area contributed by atoms with Crippen LogP contribution in [0.3, 0.4) is 0 Å². The van der Waals surface area contributed by atoms with E-state index in [9.17, 15) is 10.5 Å². The molecule has 0 atom stereocenters. The van der Waals surface area contributed by atoms with Crippen LogP contribution in [0.4, 0.5) is 11.4 Å². The minimum Gasteiger partial charge on any atom is -0.488 e. The fourth-order valence-corrected chi connectivity index (χ4v) is 5.26. The molecule has 34 heavy (non-hydrogen) atoms. The number of rotatable bonds is 8. The van der Waals surface area contributed by atoms with E-state index >= 15 is 0 Å². The number of ether oxygens (including phenoxy) is 2. The Kier molecular flexibility index (Phi) is 8.22. The van der Waals surface area contributed by atoms with Crippen molar-refractivity contribution in [3.05, 3.63) is 59.7 Å². The molecule has 8 heteroatoms. The Morgan fingerprint density at radius 1 is 0.735 bits per heavy atom. The van der Waals surface area contributed by atoms with E-state index in [1.54, 1.807) is 0 Å². The van der Waals surface area contributed by atoms with Crippen molar-refractivity contribution in [2.75, 3.05) is 11.5 Å². The number of nitrogen functional groups attached to an aromatic ring is 2. The molecule has 0 amide bonds. The lowest BCUT2D eigenvalue weighted by molar-refractivity contribution is 0.223. The summed E-state index contributed by atoms with van der Waals surface area (Å²) >= 11 is 2.81. The van der Waals surface area contributed by atoms with Gasteiger partial charge in [0.25, 0.3) is 0 Å². The van der Waals surface area contributed by atoms with Crippen molar-refractivity contribution >= 4 is 34.9 Å². The van der Waals surface area contributed by atoms with E-state index in [1.807, 2.05) is 76.2 Å². The smallest absolute Gasteiger partial charge is 0.154 e. The molecule has 0 radical (unpaired) electrons. The molecular formula is C26H26N4O2S2. The molecule has 0 aromatic heterocycles. The third-order valence-electron chi connectivity index (χ3n) is 4.48. The first-order chi connectivity index (χ1) is 16.2. The molecule has 6 nitrogen and oxygen atoms in total. The molecule has 0 saturated carbocycles. The van der Waals surface area contributed by atoms with Gasteiger partial charge in [-0.05, 0) is 64.1 Å². The monoisotopic (exact) mass is 490 g/mol. The third kappa shape index (κ3) is 5.72. The van der Waals surface area contributed by atoms with Gasteiger partial charge in [-0.1, -0.05) is 35.7 Å². The highest BCUT2D eigenvalue weighted by Crippen LogP contribution is 2.53. The second-order valence-electron chi connectivity index (χ2n) is 7.93. The van der Waals surface area contributed by atoms with Crippen LogP contribution in [0, 0.1) is 22.7 Å². The number of hydrogen-bond acceptors (Lipinski definition) is 8. The number of para-hydroxylation sites is 1. The van der Waals surface area contributed by atoms with Crippen molar-refractivity contribution in [3.63, 3.8) is 0 Å². The van der Waals surface area contributed by atoms with Gasteiger partial charge in [-0.25, -0.2) is 0 Å². The van der Waals surface area contributed by atoms with E-state index < -0.39 is 0 Å². The van der Waals surface area contributed by atoms with Crippen LogP contribution in [0.15, 0.2) is 68.1 Å². The summed E-state index contributed by atoms with van der Waals surface area (Å²) in [6.07, 6.45) is -0.446. The quantitative estimate of drug-likeness (QED) is 0.345. The summed E-state index contributed by atoms with van der Waals surface area (Å²) in [6.45, 7) is 7.52. The molecule has 3 rings (SSSR count). The van der Waals surface area contributed by atoms with Crippen molar-refractivity contribution < 1.29 is 9.47 Å². The third-order valence-corrected chi connectivity index (χ3v) is 6.90. The lowest BCUT2D eigenvalue weighted by Gasteiger charge is -2.24. The van der Waals surface area contributed by atoms with E-state index in [0.29, 0.717) is 32.7 Å². The highest BCUT2D eigenvalue weighted by Gasteiger charge is 2.29. The first kappa shape index (κ1) is 25.2. The van der Waals surface area contributed by atoms with Crippen molar-refractivity contribution in [2.45, 2.75) is 59.5 Å².